The Morgan fingerprint density at radius 3 is 2.38 bits per heavy atom. The van der Waals surface area contributed by atoms with Gasteiger partial charge in [0.05, 0.1) is 32.5 Å². The highest BCUT2D eigenvalue weighted by Gasteiger charge is 2.26. The maximum atomic E-state index is 13.1. The highest BCUT2D eigenvalue weighted by atomic mass is 35.5. The number of amides is 1. The molecule has 5 nitrogen and oxygen atoms in total. The molecule has 29 heavy (non-hydrogen) atoms. The number of fused-ring (bicyclic) bond motifs is 1. The Bertz CT molecular complexity index is 1250. The summed E-state index contributed by atoms with van der Waals surface area (Å²) < 4.78 is 1.62. The molecule has 2 aromatic carbocycles. The van der Waals surface area contributed by atoms with E-state index in [1.54, 1.807) is 71.3 Å². The second kappa shape index (κ2) is 7.62. The molecule has 4 rings (SSSR count). The summed E-state index contributed by atoms with van der Waals surface area (Å²) in [6, 6.07) is 19.0. The van der Waals surface area contributed by atoms with Gasteiger partial charge in [-0.05, 0) is 24.3 Å². The second-order valence-electron chi connectivity index (χ2n) is 6.34. The number of hydrogen-bond acceptors (Lipinski definition) is 3. The Hall–Kier alpha value is -3.28. The molecule has 0 saturated carbocycles. The van der Waals surface area contributed by atoms with Gasteiger partial charge in [0.15, 0.2) is 0 Å². The number of pyridine rings is 1. The van der Waals surface area contributed by atoms with Crippen LogP contribution in [-0.2, 0) is 0 Å². The van der Waals surface area contributed by atoms with Crippen molar-refractivity contribution in [2.24, 2.45) is 0 Å². The summed E-state index contributed by atoms with van der Waals surface area (Å²) in [5.41, 5.74) is 8.19. The smallest absolute Gasteiger partial charge is 0.260 e. The molecule has 0 atom stereocenters. The predicted octanol–water partition coefficient (Wildman–Crippen LogP) is 5.31. The lowest BCUT2D eigenvalue weighted by molar-refractivity contribution is 0.102. The zero-order chi connectivity index (χ0) is 20.5. The van der Waals surface area contributed by atoms with Crippen molar-refractivity contribution in [1.29, 1.82) is 0 Å². The quantitative estimate of drug-likeness (QED) is 0.436. The molecular weight excluding hydrogens is 409 g/mol. The molecule has 1 amide bonds. The molecule has 0 radical (unpaired) electrons. The van der Waals surface area contributed by atoms with Crippen LogP contribution in [0.5, 0.6) is 0 Å². The van der Waals surface area contributed by atoms with Gasteiger partial charge >= 0.3 is 0 Å². The van der Waals surface area contributed by atoms with Crippen LogP contribution in [0.15, 0.2) is 72.9 Å². The number of carbonyl (C=O) groups is 2. The van der Waals surface area contributed by atoms with Gasteiger partial charge in [0, 0.05) is 11.8 Å². The first-order chi connectivity index (χ1) is 14.0. The van der Waals surface area contributed by atoms with Crippen LogP contribution >= 0.6 is 23.2 Å². The molecule has 4 aromatic rings. The lowest BCUT2D eigenvalue weighted by atomic mass is 10.1. The first-order valence-corrected chi connectivity index (χ1v) is 9.48. The van der Waals surface area contributed by atoms with E-state index in [1.807, 2.05) is 6.07 Å². The Kier molecular flexibility index (Phi) is 5.01. The van der Waals surface area contributed by atoms with Crippen molar-refractivity contribution in [2.45, 2.75) is 0 Å². The van der Waals surface area contributed by atoms with Crippen LogP contribution in [0, 0.1) is 0 Å². The van der Waals surface area contributed by atoms with Crippen LogP contribution in [0.3, 0.4) is 0 Å². The number of rotatable bonds is 4. The summed E-state index contributed by atoms with van der Waals surface area (Å²) >= 11 is 12.2. The van der Waals surface area contributed by atoms with E-state index >= 15 is 0 Å². The average molecular weight is 424 g/mol. The standard InChI is InChI=1S/C22H15Cl2N3O2/c23-14-9-6-10-15(18(14)24)26-22(29)17-16-11-4-5-12-27(16)20(19(17)25)21(28)13-7-2-1-3-8-13/h1-12H,25H2,(H,26,29). The lowest BCUT2D eigenvalue weighted by Crippen LogP contribution is -2.14. The van der Waals surface area contributed by atoms with Gasteiger partial charge < -0.3 is 15.5 Å². The molecule has 0 fully saturated rings. The van der Waals surface area contributed by atoms with Gasteiger partial charge in [-0.1, -0.05) is 65.7 Å². The van der Waals surface area contributed by atoms with E-state index < -0.39 is 5.91 Å². The first-order valence-electron chi connectivity index (χ1n) is 8.72. The van der Waals surface area contributed by atoms with E-state index in [1.165, 1.54) is 0 Å². The second-order valence-corrected chi connectivity index (χ2v) is 7.13. The van der Waals surface area contributed by atoms with Crippen LogP contribution in [0.1, 0.15) is 26.4 Å². The highest BCUT2D eigenvalue weighted by Crippen LogP contribution is 2.32. The first kappa shape index (κ1) is 19.1. The summed E-state index contributed by atoms with van der Waals surface area (Å²) in [5.74, 6) is -0.758. The summed E-state index contributed by atoms with van der Waals surface area (Å²) in [6.07, 6.45) is 1.70. The number of nitrogens with zero attached hydrogens (tertiary/aromatic N) is 1. The molecule has 0 bridgehead atoms. The third kappa shape index (κ3) is 3.35. The summed E-state index contributed by atoms with van der Waals surface area (Å²) in [5, 5.41) is 3.28. The van der Waals surface area contributed by atoms with E-state index in [2.05, 4.69) is 5.32 Å². The van der Waals surface area contributed by atoms with E-state index in [-0.39, 0.29) is 27.8 Å². The number of benzene rings is 2. The molecule has 0 aliphatic rings. The fourth-order valence-corrected chi connectivity index (χ4v) is 3.56. The number of halogens is 2. The summed E-state index contributed by atoms with van der Waals surface area (Å²) in [6.45, 7) is 0. The Balaban J connectivity index is 1.83. The molecule has 144 valence electrons. The molecule has 0 spiro atoms. The van der Waals surface area contributed by atoms with Crippen molar-refractivity contribution in [3.05, 3.63) is 99.8 Å². The number of nitrogens with two attached hydrogens (primary N) is 1. The highest BCUT2D eigenvalue weighted by molar-refractivity contribution is 6.44. The van der Waals surface area contributed by atoms with E-state index in [4.69, 9.17) is 28.9 Å². The molecule has 2 heterocycles. The van der Waals surface area contributed by atoms with Gasteiger partial charge in [-0.25, -0.2) is 0 Å². The third-order valence-corrected chi connectivity index (χ3v) is 5.38. The van der Waals surface area contributed by atoms with Gasteiger partial charge in [-0.15, -0.1) is 0 Å². The summed E-state index contributed by atoms with van der Waals surface area (Å²) in [7, 11) is 0. The molecule has 0 aliphatic carbocycles. The van der Waals surface area contributed by atoms with Gasteiger partial charge in [0.1, 0.15) is 5.69 Å². The van der Waals surface area contributed by atoms with E-state index in [0.717, 1.165) is 0 Å². The fraction of sp³-hybridized carbons (Fsp3) is 0. The van der Waals surface area contributed by atoms with E-state index in [9.17, 15) is 9.59 Å². The number of hydrogen-bond donors (Lipinski definition) is 2. The Morgan fingerprint density at radius 2 is 1.62 bits per heavy atom. The van der Waals surface area contributed by atoms with Crippen molar-refractivity contribution in [3.63, 3.8) is 0 Å². The Morgan fingerprint density at radius 1 is 0.897 bits per heavy atom. The van der Waals surface area contributed by atoms with Crippen LogP contribution in [0.4, 0.5) is 11.4 Å². The van der Waals surface area contributed by atoms with Crippen molar-refractivity contribution in [3.8, 4) is 0 Å². The third-order valence-electron chi connectivity index (χ3n) is 4.56. The molecule has 3 N–H and O–H groups in total. The molecule has 7 heteroatoms. The lowest BCUT2D eigenvalue weighted by Gasteiger charge is -2.08. The molecule has 0 unspecified atom stereocenters. The normalized spacial score (nSPS) is 10.8. The summed E-state index contributed by atoms with van der Waals surface area (Å²) in [4.78, 5) is 26.2. The maximum Gasteiger partial charge on any atom is 0.260 e. The molecule has 2 aromatic heterocycles. The molecule has 0 aliphatic heterocycles. The minimum Gasteiger partial charge on any atom is -0.396 e. The number of carbonyl (C=O) groups excluding carboxylic acids is 2. The van der Waals surface area contributed by atoms with Crippen LogP contribution < -0.4 is 11.1 Å². The number of anilines is 2. The zero-order valence-electron chi connectivity index (χ0n) is 15.0. The van der Waals surface area contributed by atoms with Crippen molar-refractivity contribution in [2.75, 3.05) is 11.1 Å². The topological polar surface area (TPSA) is 76.6 Å². The van der Waals surface area contributed by atoms with Gasteiger partial charge in [0.25, 0.3) is 5.91 Å². The zero-order valence-corrected chi connectivity index (χ0v) is 16.5. The van der Waals surface area contributed by atoms with Gasteiger partial charge in [-0.3, -0.25) is 9.59 Å². The van der Waals surface area contributed by atoms with Crippen LogP contribution in [-0.4, -0.2) is 16.1 Å². The number of ketones is 1. The monoisotopic (exact) mass is 423 g/mol. The van der Waals surface area contributed by atoms with Gasteiger partial charge in [0.2, 0.25) is 5.78 Å². The number of nitrogen functional groups attached to an aromatic ring is 1. The largest absolute Gasteiger partial charge is 0.396 e. The van der Waals surface area contributed by atoms with Crippen LogP contribution in [0.2, 0.25) is 10.0 Å². The van der Waals surface area contributed by atoms with Gasteiger partial charge in [-0.2, -0.15) is 0 Å². The van der Waals surface area contributed by atoms with Crippen LogP contribution in [0.25, 0.3) is 5.52 Å². The maximum absolute atomic E-state index is 13.1. The predicted molar refractivity (Wildman–Crippen MR) is 116 cm³/mol. The minimum atomic E-state index is -0.484. The van der Waals surface area contributed by atoms with Crippen molar-refractivity contribution >= 4 is 51.8 Å². The number of nitrogens with one attached hydrogen (secondary N) is 1. The molecule has 0 saturated heterocycles. The average Bonchev–Trinajstić information content (AvgIpc) is 3.03. The molecular formula is C22H15Cl2N3O2. The van der Waals surface area contributed by atoms with Crippen molar-refractivity contribution in [1.82, 2.24) is 4.40 Å². The SMILES string of the molecule is Nc1c(C(=O)Nc2cccc(Cl)c2Cl)c2ccccn2c1C(=O)c1ccccc1. The fourth-order valence-electron chi connectivity index (χ4n) is 3.21. The van der Waals surface area contributed by atoms with Crippen molar-refractivity contribution < 1.29 is 9.59 Å². The Labute approximate surface area is 176 Å². The number of aromatic nitrogens is 1. The minimum absolute atomic E-state index is 0.0979. The van der Waals surface area contributed by atoms with E-state index in [0.29, 0.717) is 21.8 Å².